The zero-order valence-electron chi connectivity index (χ0n) is 16.1. The van der Waals surface area contributed by atoms with Crippen LogP contribution < -0.4 is 4.72 Å². The van der Waals surface area contributed by atoms with E-state index in [-0.39, 0.29) is 32.0 Å². The number of hydrogen-bond acceptors (Lipinski definition) is 4. The van der Waals surface area contributed by atoms with Crippen LogP contribution in [0, 0.1) is 5.92 Å². The molecule has 0 radical (unpaired) electrons. The van der Waals surface area contributed by atoms with E-state index in [9.17, 15) is 35.3 Å². The van der Waals surface area contributed by atoms with Gasteiger partial charge in [-0.25, -0.2) is 13.7 Å². The Balaban J connectivity index is 1.45. The first-order valence-electron chi connectivity index (χ1n) is 9.75. The van der Waals surface area contributed by atoms with Crippen LogP contribution in [0.25, 0.3) is 0 Å². The third-order valence-corrected chi connectivity index (χ3v) is 7.04. The van der Waals surface area contributed by atoms with Gasteiger partial charge in [0.1, 0.15) is 0 Å². The summed E-state index contributed by atoms with van der Waals surface area (Å²) in [6.45, 7) is 0.186. The van der Waals surface area contributed by atoms with Crippen LogP contribution in [0.2, 0.25) is 0 Å². The SMILES string of the molecule is O=C(OC(C(F)(F)F)C(F)(F)F)N1CCC2(CCC(NS(=O)CC3CC3)CO2)CC1. The van der Waals surface area contributed by atoms with Gasteiger partial charge in [0, 0.05) is 24.9 Å². The number of piperidine rings is 1. The Kier molecular flexibility index (Phi) is 6.93. The summed E-state index contributed by atoms with van der Waals surface area (Å²) in [5.41, 5.74) is -0.583. The van der Waals surface area contributed by atoms with Crippen LogP contribution in [-0.4, -0.2) is 70.8 Å². The van der Waals surface area contributed by atoms with E-state index in [4.69, 9.17) is 4.74 Å². The first-order valence-corrected chi connectivity index (χ1v) is 11.1. The van der Waals surface area contributed by atoms with Gasteiger partial charge in [-0.05, 0) is 44.4 Å². The van der Waals surface area contributed by atoms with E-state index in [0.29, 0.717) is 31.1 Å². The molecule has 1 saturated carbocycles. The minimum atomic E-state index is -5.74. The predicted octanol–water partition coefficient (Wildman–Crippen LogP) is 3.29. The van der Waals surface area contributed by atoms with Crippen molar-refractivity contribution in [3.05, 3.63) is 0 Å². The predicted molar refractivity (Wildman–Crippen MR) is 93.8 cm³/mol. The van der Waals surface area contributed by atoms with Crippen molar-refractivity contribution in [2.45, 2.75) is 68.6 Å². The Morgan fingerprint density at radius 2 is 1.70 bits per heavy atom. The summed E-state index contributed by atoms with van der Waals surface area (Å²) in [4.78, 5) is 12.7. The smallest absolute Gasteiger partial charge is 0.426 e. The second-order valence-electron chi connectivity index (χ2n) is 8.14. The van der Waals surface area contributed by atoms with Crippen LogP contribution in [-0.2, 0) is 20.5 Å². The minimum absolute atomic E-state index is 0.0625. The molecule has 2 saturated heterocycles. The highest BCUT2D eigenvalue weighted by atomic mass is 32.2. The molecular formula is C17H24F6N2O4S. The maximum atomic E-state index is 12.6. The van der Waals surface area contributed by atoms with Crippen LogP contribution >= 0.6 is 0 Å². The molecule has 0 aromatic carbocycles. The number of carbonyl (C=O) groups is 1. The lowest BCUT2D eigenvalue weighted by molar-refractivity contribution is -0.308. The van der Waals surface area contributed by atoms with Crippen molar-refractivity contribution in [3.63, 3.8) is 0 Å². The topological polar surface area (TPSA) is 67.9 Å². The van der Waals surface area contributed by atoms with E-state index in [1.54, 1.807) is 0 Å². The molecule has 2 atom stereocenters. The molecule has 3 aliphatic rings. The zero-order chi connectivity index (χ0) is 22.2. The average molecular weight is 466 g/mol. The molecule has 174 valence electrons. The second kappa shape index (κ2) is 8.81. The Morgan fingerprint density at radius 1 is 1.10 bits per heavy atom. The first kappa shape index (κ1) is 23.6. The van der Waals surface area contributed by atoms with E-state index in [2.05, 4.69) is 9.46 Å². The molecule has 0 aromatic rings. The van der Waals surface area contributed by atoms with Gasteiger partial charge in [-0.3, -0.25) is 0 Å². The molecule has 1 amide bonds. The maximum absolute atomic E-state index is 12.6. The normalized spacial score (nSPS) is 26.1. The van der Waals surface area contributed by atoms with E-state index < -0.39 is 41.1 Å². The molecule has 2 heterocycles. The molecule has 2 aliphatic heterocycles. The summed E-state index contributed by atoms with van der Waals surface area (Å²) in [5.74, 6) is 1.14. The van der Waals surface area contributed by atoms with Crippen molar-refractivity contribution in [1.29, 1.82) is 0 Å². The number of nitrogens with one attached hydrogen (secondary N) is 1. The number of nitrogens with zero attached hydrogens (tertiary/aromatic N) is 1. The molecule has 1 N–H and O–H groups in total. The number of likely N-dealkylation sites (tertiary alicyclic amines) is 1. The average Bonchev–Trinajstić information content (AvgIpc) is 3.44. The highest BCUT2D eigenvalue weighted by Crippen LogP contribution is 2.38. The number of ether oxygens (including phenoxy) is 2. The standard InChI is InChI=1S/C17H24F6N2O4S/c18-16(19,20)13(17(21,22)23)29-14(26)25-7-5-15(6-8-25)4-3-12(9-28-15)24-30(27)10-11-1-2-11/h11-13,24H,1-10H2. The number of rotatable bonds is 5. The number of alkyl halides is 6. The van der Waals surface area contributed by atoms with Crippen molar-refractivity contribution in [2.24, 2.45) is 5.92 Å². The minimum Gasteiger partial charge on any atom is -0.426 e. The summed E-state index contributed by atoms with van der Waals surface area (Å²) in [6, 6.07) is -0.0717. The Bertz CT molecular complexity index is 623. The van der Waals surface area contributed by atoms with Crippen molar-refractivity contribution >= 4 is 17.1 Å². The van der Waals surface area contributed by atoms with Gasteiger partial charge in [-0.15, -0.1) is 0 Å². The Labute approximate surface area is 172 Å². The molecule has 0 aromatic heterocycles. The van der Waals surface area contributed by atoms with E-state index >= 15 is 0 Å². The number of hydrogen-bond donors (Lipinski definition) is 1. The Hall–Kier alpha value is -1.08. The van der Waals surface area contributed by atoms with Gasteiger partial charge in [0.05, 0.1) is 23.2 Å². The van der Waals surface area contributed by atoms with Gasteiger partial charge in [0.15, 0.2) is 0 Å². The van der Waals surface area contributed by atoms with Crippen LogP contribution in [0.15, 0.2) is 0 Å². The highest BCUT2D eigenvalue weighted by molar-refractivity contribution is 7.83. The summed E-state index contributed by atoms with van der Waals surface area (Å²) in [5, 5.41) is 0. The first-order chi connectivity index (χ1) is 13.9. The van der Waals surface area contributed by atoms with Gasteiger partial charge in [0.25, 0.3) is 6.10 Å². The largest absolute Gasteiger partial charge is 0.434 e. The monoisotopic (exact) mass is 466 g/mol. The summed E-state index contributed by atoms with van der Waals surface area (Å²) >= 11 is 0. The second-order valence-corrected chi connectivity index (χ2v) is 9.40. The molecule has 3 fully saturated rings. The van der Waals surface area contributed by atoms with Crippen LogP contribution in [0.1, 0.15) is 38.5 Å². The number of halogens is 6. The molecule has 1 aliphatic carbocycles. The van der Waals surface area contributed by atoms with E-state index in [1.165, 1.54) is 0 Å². The molecule has 13 heteroatoms. The van der Waals surface area contributed by atoms with Crippen molar-refractivity contribution in [3.8, 4) is 0 Å². The summed E-state index contributed by atoms with van der Waals surface area (Å²) < 4.78 is 100. The quantitative estimate of drug-likeness (QED) is 0.632. The molecule has 2 unspecified atom stereocenters. The van der Waals surface area contributed by atoms with Crippen LogP contribution in [0.5, 0.6) is 0 Å². The fraction of sp³-hybridized carbons (Fsp3) is 0.941. The van der Waals surface area contributed by atoms with Crippen molar-refractivity contribution < 1.29 is 44.8 Å². The van der Waals surface area contributed by atoms with Gasteiger partial charge in [0.2, 0.25) is 0 Å². The lowest BCUT2D eigenvalue weighted by Gasteiger charge is -2.45. The summed E-state index contributed by atoms with van der Waals surface area (Å²) in [7, 11) is -1.12. The Morgan fingerprint density at radius 3 is 2.17 bits per heavy atom. The van der Waals surface area contributed by atoms with Gasteiger partial charge >= 0.3 is 18.4 Å². The number of amides is 1. The zero-order valence-corrected chi connectivity index (χ0v) is 16.9. The molecular weight excluding hydrogens is 442 g/mol. The fourth-order valence-electron chi connectivity index (χ4n) is 3.68. The molecule has 30 heavy (non-hydrogen) atoms. The molecule has 3 rings (SSSR count). The summed E-state index contributed by atoms with van der Waals surface area (Å²) in [6.07, 6.45) is -13.2. The lowest BCUT2D eigenvalue weighted by Crippen LogP contribution is -2.54. The third-order valence-electron chi connectivity index (χ3n) is 5.67. The van der Waals surface area contributed by atoms with E-state index in [1.807, 2.05) is 0 Å². The van der Waals surface area contributed by atoms with Crippen LogP contribution in [0.3, 0.4) is 0 Å². The van der Waals surface area contributed by atoms with Gasteiger partial charge < -0.3 is 14.4 Å². The molecule has 0 bridgehead atoms. The third kappa shape index (κ3) is 6.22. The van der Waals surface area contributed by atoms with Crippen molar-refractivity contribution in [2.75, 3.05) is 25.4 Å². The van der Waals surface area contributed by atoms with Gasteiger partial charge in [-0.2, -0.15) is 26.3 Å². The number of carbonyl (C=O) groups excluding carboxylic acids is 1. The highest BCUT2D eigenvalue weighted by Gasteiger charge is 2.60. The maximum Gasteiger partial charge on any atom is 0.434 e. The van der Waals surface area contributed by atoms with E-state index in [0.717, 1.165) is 17.7 Å². The molecule has 6 nitrogen and oxygen atoms in total. The van der Waals surface area contributed by atoms with Crippen LogP contribution in [0.4, 0.5) is 31.1 Å². The van der Waals surface area contributed by atoms with Gasteiger partial charge in [-0.1, -0.05) is 0 Å². The lowest BCUT2D eigenvalue weighted by atomic mass is 9.83. The van der Waals surface area contributed by atoms with Crippen molar-refractivity contribution in [1.82, 2.24) is 9.62 Å². The molecule has 1 spiro atoms. The fourth-order valence-corrected chi connectivity index (χ4v) is 5.10.